The molecule has 0 spiro atoms. The van der Waals surface area contributed by atoms with Gasteiger partial charge in [0.1, 0.15) is 4.92 Å². The van der Waals surface area contributed by atoms with Gasteiger partial charge in [0, 0.05) is 0 Å². The third-order valence-electron chi connectivity index (χ3n) is 1.88. The zero-order chi connectivity index (χ0) is 13.8. The van der Waals surface area contributed by atoms with Crippen LogP contribution in [0.1, 0.15) is 0 Å². The molecule has 10 nitrogen and oxygen atoms in total. The van der Waals surface area contributed by atoms with E-state index in [0.717, 1.165) is 11.8 Å². The molecule has 0 bridgehead atoms. The zero-order valence-electron chi connectivity index (χ0n) is 9.23. The van der Waals surface area contributed by atoms with Gasteiger partial charge < -0.3 is 8.83 Å². The molecule has 0 aliphatic rings. The lowest BCUT2D eigenvalue weighted by Crippen LogP contribution is -2.31. The van der Waals surface area contributed by atoms with Gasteiger partial charge in [-0.2, -0.15) is 0 Å². The minimum Gasteiger partial charge on any atom is -0.408 e. The Hall–Kier alpha value is -2.40. The summed E-state index contributed by atoms with van der Waals surface area (Å²) in [6.45, 7) is 0. The third kappa shape index (κ3) is 3.08. The van der Waals surface area contributed by atoms with E-state index in [2.05, 4.69) is 10.2 Å². The van der Waals surface area contributed by atoms with E-state index in [-0.39, 0.29) is 22.6 Å². The highest BCUT2D eigenvalue weighted by atomic mass is 32.2. The summed E-state index contributed by atoms with van der Waals surface area (Å²) in [5.74, 6) is 4.15. The van der Waals surface area contributed by atoms with Crippen molar-refractivity contribution in [3.63, 3.8) is 0 Å². The molecular formula is C8H7N5O5S. The van der Waals surface area contributed by atoms with E-state index in [1.165, 1.54) is 12.1 Å². The number of rotatable bonds is 5. The topological polar surface area (TPSA) is 150 Å². The van der Waals surface area contributed by atoms with E-state index < -0.39 is 16.7 Å². The molecular weight excluding hydrogens is 278 g/mol. The van der Waals surface area contributed by atoms with Gasteiger partial charge in [-0.1, -0.05) is 11.8 Å². The summed E-state index contributed by atoms with van der Waals surface area (Å²) in [6.07, 6.45) is 0. The number of amides is 1. The number of nitrogens with two attached hydrogens (primary N) is 1. The van der Waals surface area contributed by atoms with Gasteiger partial charge >= 0.3 is 5.88 Å². The van der Waals surface area contributed by atoms with Gasteiger partial charge in [0.2, 0.25) is 5.91 Å². The summed E-state index contributed by atoms with van der Waals surface area (Å²) in [7, 11) is 0. The first-order valence-electron chi connectivity index (χ1n) is 4.80. The largest absolute Gasteiger partial charge is 0.433 e. The van der Waals surface area contributed by atoms with Crippen molar-refractivity contribution >= 4 is 23.6 Å². The van der Waals surface area contributed by atoms with Crippen LogP contribution in [-0.4, -0.2) is 26.8 Å². The molecule has 2 aromatic rings. The number of carbonyl (C=O) groups is 1. The molecule has 0 unspecified atom stereocenters. The fourth-order valence-electron chi connectivity index (χ4n) is 1.08. The van der Waals surface area contributed by atoms with Crippen molar-refractivity contribution in [2.24, 2.45) is 5.84 Å². The molecule has 2 aromatic heterocycles. The first-order chi connectivity index (χ1) is 9.10. The third-order valence-corrected chi connectivity index (χ3v) is 2.70. The fourth-order valence-corrected chi connectivity index (χ4v) is 1.65. The molecule has 2 rings (SSSR count). The molecule has 1 amide bonds. The Morgan fingerprint density at radius 3 is 2.89 bits per heavy atom. The second-order valence-electron chi connectivity index (χ2n) is 3.12. The fraction of sp³-hybridized carbons (Fsp3) is 0.125. The number of nitro groups is 1. The van der Waals surface area contributed by atoms with Gasteiger partial charge in [0.15, 0.2) is 5.76 Å². The van der Waals surface area contributed by atoms with Gasteiger partial charge in [-0.05, 0) is 6.07 Å². The Balaban J connectivity index is 2.07. The van der Waals surface area contributed by atoms with E-state index in [1.807, 2.05) is 5.43 Å². The van der Waals surface area contributed by atoms with Crippen molar-refractivity contribution in [2.45, 2.75) is 5.22 Å². The maximum absolute atomic E-state index is 10.9. The highest BCUT2D eigenvalue weighted by Gasteiger charge is 2.18. The highest BCUT2D eigenvalue weighted by molar-refractivity contribution is 7.99. The van der Waals surface area contributed by atoms with Gasteiger partial charge in [-0.25, -0.2) is 5.84 Å². The van der Waals surface area contributed by atoms with Crippen LogP contribution in [0.5, 0.6) is 0 Å². The second kappa shape index (κ2) is 5.49. The van der Waals surface area contributed by atoms with Crippen LogP contribution in [0, 0.1) is 10.1 Å². The number of nitrogens with zero attached hydrogens (tertiary/aromatic N) is 3. The van der Waals surface area contributed by atoms with Gasteiger partial charge in [0.25, 0.3) is 11.1 Å². The van der Waals surface area contributed by atoms with Crippen molar-refractivity contribution in [3.05, 3.63) is 22.2 Å². The van der Waals surface area contributed by atoms with E-state index in [1.54, 1.807) is 0 Å². The van der Waals surface area contributed by atoms with E-state index in [0.29, 0.717) is 0 Å². The molecule has 0 saturated carbocycles. The Labute approximate surface area is 109 Å². The van der Waals surface area contributed by atoms with Gasteiger partial charge in [-0.15, -0.1) is 10.2 Å². The molecule has 100 valence electrons. The normalized spacial score (nSPS) is 10.4. The summed E-state index contributed by atoms with van der Waals surface area (Å²) >= 11 is 0.974. The predicted octanol–water partition coefficient (Wildman–Crippen LogP) is 0.320. The van der Waals surface area contributed by atoms with Crippen molar-refractivity contribution < 1.29 is 18.6 Å². The zero-order valence-corrected chi connectivity index (χ0v) is 10.0. The van der Waals surface area contributed by atoms with Crippen LogP contribution in [0.3, 0.4) is 0 Å². The first kappa shape index (κ1) is 13.0. The monoisotopic (exact) mass is 285 g/mol. The Morgan fingerprint density at radius 1 is 1.47 bits per heavy atom. The van der Waals surface area contributed by atoms with Crippen LogP contribution in [-0.2, 0) is 4.79 Å². The number of furan rings is 1. The van der Waals surface area contributed by atoms with E-state index in [4.69, 9.17) is 14.7 Å². The molecule has 0 atom stereocenters. The SMILES string of the molecule is NNC(=O)CSc1nnc(-c2ccc([N+](=O)[O-])o2)o1. The van der Waals surface area contributed by atoms with Crippen molar-refractivity contribution in [2.75, 3.05) is 5.75 Å². The molecule has 19 heavy (non-hydrogen) atoms. The molecule has 11 heteroatoms. The Morgan fingerprint density at radius 2 is 2.26 bits per heavy atom. The molecule has 0 fully saturated rings. The van der Waals surface area contributed by atoms with E-state index >= 15 is 0 Å². The Kier molecular flexibility index (Phi) is 3.77. The van der Waals surface area contributed by atoms with Crippen LogP contribution in [0.4, 0.5) is 5.88 Å². The summed E-state index contributed by atoms with van der Waals surface area (Å²) in [5, 5.41) is 17.9. The maximum atomic E-state index is 10.9. The van der Waals surface area contributed by atoms with Crippen molar-refractivity contribution in [1.29, 1.82) is 0 Å². The number of hydrazine groups is 1. The lowest BCUT2D eigenvalue weighted by atomic mass is 10.4. The van der Waals surface area contributed by atoms with Gasteiger partial charge in [-0.3, -0.25) is 20.3 Å². The highest BCUT2D eigenvalue weighted by Crippen LogP contribution is 2.27. The molecule has 0 saturated heterocycles. The quantitative estimate of drug-likeness (QED) is 0.260. The average molecular weight is 285 g/mol. The van der Waals surface area contributed by atoms with Crippen molar-refractivity contribution in [1.82, 2.24) is 15.6 Å². The van der Waals surface area contributed by atoms with Crippen LogP contribution < -0.4 is 11.3 Å². The van der Waals surface area contributed by atoms with Crippen LogP contribution in [0.15, 0.2) is 26.2 Å². The van der Waals surface area contributed by atoms with Crippen molar-refractivity contribution in [3.8, 4) is 11.7 Å². The summed E-state index contributed by atoms with van der Waals surface area (Å²) in [6, 6.07) is 2.51. The number of carbonyl (C=O) groups excluding carboxylic acids is 1. The van der Waals surface area contributed by atoms with E-state index in [9.17, 15) is 14.9 Å². The lowest BCUT2D eigenvalue weighted by Gasteiger charge is -1.94. The molecule has 0 radical (unpaired) electrons. The smallest absolute Gasteiger partial charge is 0.408 e. The number of aromatic nitrogens is 2. The first-order valence-corrected chi connectivity index (χ1v) is 5.79. The minimum absolute atomic E-state index is 0.0104. The molecule has 0 aliphatic carbocycles. The van der Waals surface area contributed by atoms with Crippen LogP contribution in [0.2, 0.25) is 0 Å². The predicted molar refractivity (Wildman–Crippen MR) is 61.7 cm³/mol. The summed E-state index contributed by atoms with van der Waals surface area (Å²) < 4.78 is 10.0. The van der Waals surface area contributed by atoms with Crippen LogP contribution >= 0.6 is 11.8 Å². The maximum Gasteiger partial charge on any atom is 0.433 e. The summed E-state index contributed by atoms with van der Waals surface area (Å²) in [5.41, 5.74) is 1.95. The number of thioether (sulfide) groups is 1. The molecule has 0 aromatic carbocycles. The van der Waals surface area contributed by atoms with Gasteiger partial charge in [0.05, 0.1) is 11.8 Å². The summed E-state index contributed by atoms with van der Waals surface area (Å²) in [4.78, 5) is 20.7. The molecule has 0 aliphatic heterocycles. The Bertz CT molecular complexity index is 608. The number of hydrogen-bond donors (Lipinski definition) is 2. The van der Waals surface area contributed by atoms with Crippen LogP contribution in [0.25, 0.3) is 11.7 Å². The lowest BCUT2D eigenvalue weighted by molar-refractivity contribution is -0.401. The number of nitrogens with one attached hydrogen (secondary N) is 1. The molecule has 3 N–H and O–H groups in total. The standard InChI is InChI=1S/C8H7N5O5S/c9-10-5(14)3-19-8-12-11-7(18-8)4-1-2-6(17-4)13(15)16/h1-2H,3,9H2,(H,10,14). The number of hydrogen-bond acceptors (Lipinski definition) is 9. The minimum atomic E-state index is -0.679. The second-order valence-corrected chi connectivity index (χ2v) is 4.05. The molecule has 2 heterocycles. The average Bonchev–Trinajstić information content (AvgIpc) is 3.04.